The molecule has 0 aliphatic carbocycles. The van der Waals surface area contributed by atoms with Gasteiger partial charge in [-0.1, -0.05) is 18.2 Å². The van der Waals surface area contributed by atoms with E-state index in [2.05, 4.69) is 27.7 Å². The van der Waals surface area contributed by atoms with Gasteiger partial charge >= 0.3 is 0 Å². The molecule has 3 saturated heterocycles. The Balaban J connectivity index is 0.00000146. The second-order valence-corrected chi connectivity index (χ2v) is 7.07. The van der Waals surface area contributed by atoms with E-state index in [1.54, 1.807) is 0 Å². The highest BCUT2D eigenvalue weighted by Gasteiger charge is 2.35. The van der Waals surface area contributed by atoms with Crippen LogP contribution in [0.5, 0.6) is 0 Å². The molecule has 3 aromatic rings. The zero-order valence-corrected chi connectivity index (χ0v) is 14.6. The van der Waals surface area contributed by atoms with Crippen molar-refractivity contribution in [3.8, 4) is 0 Å². The van der Waals surface area contributed by atoms with Gasteiger partial charge in [0.1, 0.15) is 0 Å². The Kier molecular flexibility index (Phi) is 3.70. The van der Waals surface area contributed by atoms with Crippen molar-refractivity contribution >= 4 is 34.2 Å². The maximum absolute atomic E-state index is 13.3. The van der Waals surface area contributed by atoms with Gasteiger partial charge in [-0.3, -0.25) is 4.79 Å². The first-order chi connectivity index (χ1) is 11.2. The van der Waals surface area contributed by atoms with Gasteiger partial charge in [-0.25, -0.2) is 0 Å². The van der Waals surface area contributed by atoms with Gasteiger partial charge in [0.15, 0.2) is 0 Å². The average molecular weight is 344 g/mol. The van der Waals surface area contributed by atoms with Crippen molar-refractivity contribution in [1.82, 2.24) is 14.0 Å². The third-order valence-corrected chi connectivity index (χ3v) is 5.97. The van der Waals surface area contributed by atoms with Crippen LogP contribution in [0.15, 0.2) is 41.3 Å². The molecule has 1 atom stereocenters. The lowest BCUT2D eigenvalue weighted by atomic mass is 9.84. The van der Waals surface area contributed by atoms with Crippen molar-refractivity contribution in [1.29, 1.82) is 0 Å². The molecule has 0 amide bonds. The molecule has 4 nitrogen and oxygen atoms in total. The van der Waals surface area contributed by atoms with Crippen LogP contribution in [-0.2, 0) is 7.05 Å². The number of benzene rings is 1. The summed E-state index contributed by atoms with van der Waals surface area (Å²) in [5.41, 5.74) is 2.35. The van der Waals surface area contributed by atoms with Crippen molar-refractivity contribution < 1.29 is 0 Å². The van der Waals surface area contributed by atoms with Crippen LogP contribution in [0.2, 0.25) is 0 Å². The van der Waals surface area contributed by atoms with Crippen LogP contribution in [0.1, 0.15) is 18.9 Å². The monoisotopic (exact) mass is 343 g/mol. The molecule has 5 heterocycles. The quantitative estimate of drug-likeness (QED) is 0.679. The summed E-state index contributed by atoms with van der Waals surface area (Å²) < 4.78 is 4.15. The van der Waals surface area contributed by atoms with Gasteiger partial charge < -0.3 is 14.0 Å². The first-order valence-electron chi connectivity index (χ1n) is 8.54. The molecule has 2 bridgehead atoms. The molecule has 24 heavy (non-hydrogen) atoms. The van der Waals surface area contributed by atoms with Crippen molar-refractivity contribution in [3.63, 3.8) is 0 Å². The number of rotatable bonds is 1. The largest absolute Gasteiger partial charge is 0.343 e. The van der Waals surface area contributed by atoms with Crippen LogP contribution in [-0.4, -0.2) is 33.7 Å². The number of para-hydroxylation sites is 1. The Morgan fingerprint density at radius 2 is 1.79 bits per heavy atom. The highest BCUT2D eigenvalue weighted by atomic mass is 35.5. The van der Waals surface area contributed by atoms with E-state index in [1.807, 2.05) is 29.9 Å². The maximum Gasteiger partial charge on any atom is 0.260 e. The number of piperidine rings is 3. The lowest BCUT2D eigenvalue weighted by Crippen LogP contribution is -2.49. The molecule has 0 spiro atoms. The highest BCUT2D eigenvalue weighted by molar-refractivity contribution is 6.07. The van der Waals surface area contributed by atoms with Gasteiger partial charge in [-0.15, -0.1) is 12.4 Å². The minimum absolute atomic E-state index is 0. The van der Waals surface area contributed by atoms with Gasteiger partial charge in [-0.05, 0) is 44.0 Å². The molecule has 5 heteroatoms. The summed E-state index contributed by atoms with van der Waals surface area (Å²) in [6, 6.07) is 10.7. The predicted molar refractivity (Wildman–Crippen MR) is 100 cm³/mol. The SMILES string of the molecule is Cl.Cn1c2ccccc2c2c(=O)n([C@H]3CN4CCC3CC4)ccc21. The van der Waals surface area contributed by atoms with Crippen LogP contribution in [0.3, 0.4) is 0 Å². The highest BCUT2D eigenvalue weighted by Crippen LogP contribution is 2.35. The average Bonchev–Trinajstić information content (AvgIpc) is 2.90. The van der Waals surface area contributed by atoms with Gasteiger partial charge in [0.25, 0.3) is 5.56 Å². The summed E-state index contributed by atoms with van der Waals surface area (Å²) in [6.07, 6.45) is 4.48. The molecular formula is C19H22ClN3O. The zero-order chi connectivity index (χ0) is 15.6. The summed E-state index contributed by atoms with van der Waals surface area (Å²) in [6.45, 7) is 3.43. The molecular weight excluding hydrogens is 322 g/mol. The number of fused-ring (bicyclic) bond motifs is 6. The van der Waals surface area contributed by atoms with Crippen LogP contribution >= 0.6 is 12.4 Å². The van der Waals surface area contributed by atoms with Gasteiger partial charge in [0.2, 0.25) is 0 Å². The molecule has 126 valence electrons. The molecule has 6 rings (SSSR count). The van der Waals surface area contributed by atoms with Gasteiger partial charge in [-0.2, -0.15) is 0 Å². The molecule has 0 radical (unpaired) electrons. The normalized spacial score (nSPS) is 26.0. The smallest absolute Gasteiger partial charge is 0.260 e. The van der Waals surface area contributed by atoms with Crippen LogP contribution in [0.25, 0.3) is 21.8 Å². The maximum atomic E-state index is 13.3. The number of hydrogen-bond acceptors (Lipinski definition) is 2. The molecule has 3 aliphatic rings. The minimum Gasteiger partial charge on any atom is -0.343 e. The van der Waals surface area contributed by atoms with E-state index in [4.69, 9.17) is 0 Å². The number of aryl methyl sites for hydroxylation is 1. The van der Waals surface area contributed by atoms with Crippen molar-refractivity contribution in [3.05, 3.63) is 46.9 Å². The third kappa shape index (κ3) is 2.06. The first kappa shape index (κ1) is 15.7. The Morgan fingerprint density at radius 1 is 1.04 bits per heavy atom. The summed E-state index contributed by atoms with van der Waals surface area (Å²) in [5, 5.41) is 1.95. The molecule has 2 aromatic heterocycles. The van der Waals surface area contributed by atoms with Crippen LogP contribution in [0, 0.1) is 5.92 Å². The van der Waals surface area contributed by atoms with Crippen molar-refractivity contribution in [2.24, 2.45) is 13.0 Å². The molecule has 3 fully saturated rings. The number of halogens is 1. The fourth-order valence-corrected chi connectivity index (χ4v) is 4.69. The first-order valence-corrected chi connectivity index (χ1v) is 8.54. The van der Waals surface area contributed by atoms with E-state index in [-0.39, 0.29) is 18.0 Å². The summed E-state index contributed by atoms with van der Waals surface area (Å²) in [5.74, 6) is 0.658. The minimum atomic E-state index is 0. The Hall–Kier alpha value is -1.78. The Morgan fingerprint density at radius 3 is 2.50 bits per heavy atom. The number of nitrogens with zero attached hydrogens (tertiary/aromatic N) is 3. The number of aromatic nitrogens is 2. The van der Waals surface area contributed by atoms with Crippen molar-refractivity contribution in [2.45, 2.75) is 18.9 Å². The van der Waals surface area contributed by atoms with E-state index in [0.29, 0.717) is 12.0 Å². The molecule has 0 N–H and O–H groups in total. The van der Waals surface area contributed by atoms with Crippen LogP contribution < -0.4 is 5.56 Å². The molecule has 1 aromatic carbocycles. The third-order valence-electron chi connectivity index (χ3n) is 5.97. The summed E-state index contributed by atoms with van der Waals surface area (Å²) in [7, 11) is 2.04. The molecule has 3 aliphatic heterocycles. The summed E-state index contributed by atoms with van der Waals surface area (Å²) >= 11 is 0. The predicted octanol–water partition coefficient (Wildman–Crippen LogP) is 3.18. The van der Waals surface area contributed by atoms with E-state index < -0.39 is 0 Å². The fraction of sp³-hybridized carbons (Fsp3) is 0.421. The second-order valence-electron chi connectivity index (χ2n) is 7.07. The standard InChI is InChI=1S/C19H21N3O.ClH/c1-20-15-5-3-2-4-14(15)18-16(20)8-11-22(19(18)23)17-12-21-9-6-13(17)7-10-21;/h2-5,8,11,13,17H,6-7,9-10,12H2,1H3;1H/t17-;/m0./s1. The Labute approximate surface area is 147 Å². The lowest BCUT2D eigenvalue weighted by Gasteiger charge is -2.45. The van der Waals surface area contributed by atoms with E-state index in [1.165, 1.54) is 25.9 Å². The molecule has 0 saturated carbocycles. The zero-order valence-electron chi connectivity index (χ0n) is 13.8. The number of pyridine rings is 1. The Bertz CT molecular complexity index is 966. The van der Waals surface area contributed by atoms with E-state index in [0.717, 1.165) is 28.4 Å². The summed E-state index contributed by atoms with van der Waals surface area (Å²) in [4.78, 5) is 15.8. The second kappa shape index (κ2) is 5.64. The van der Waals surface area contributed by atoms with Crippen LogP contribution in [0.4, 0.5) is 0 Å². The molecule has 0 unspecified atom stereocenters. The van der Waals surface area contributed by atoms with E-state index in [9.17, 15) is 4.79 Å². The van der Waals surface area contributed by atoms with Gasteiger partial charge in [0.05, 0.1) is 16.9 Å². The topological polar surface area (TPSA) is 30.2 Å². The van der Waals surface area contributed by atoms with Gasteiger partial charge in [0, 0.05) is 30.7 Å². The lowest BCUT2D eigenvalue weighted by molar-refractivity contribution is 0.0556. The van der Waals surface area contributed by atoms with E-state index >= 15 is 0 Å². The van der Waals surface area contributed by atoms with Crippen molar-refractivity contribution in [2.75, 3.05) is 19.6 Å². The fourth-order valence-electron chi connectivity index (χ4n) is 4.69. The number of hydrogen-bond donors (Lipinski definition) is 0.